The first kappa shape index (κ1) is 10.4. The molecule has 0 saturated heterocycles. The molecule has 1 heterocycles. The molecular weight excluding hydrogens is 202 g/mol. The summed E-state index contributed by atoms with van der Waals surface area (Å²) in [6, 6.07) is 10.6. The maximum absolute atomic E-state index is 11.1. The van der Waals surface area contributed by atoms with Crippen molar-refractivity contribution in [1.29, 1.82) is 0 Å². The summed E-state index contributed by atoms with van der Waals surface area (Å²) in [5, 5.41) is 9.07. The van der Waals surface area contributed by atoms with Crippen molar-refractivity contribution in [3.05, 3.63) is 53.7 Å². The molecule has 3 nitrogen and oxygen atoms in total. The minimum atomic E-state index is -0.932. The van der Waals surface area contributed by atoms with Crippen LogP contribution in [0.5, 0.6) is 0 Å². The Morgan fingerprint density at radius 1 is 1.25 bits per heavy atom. The van der Waals surface area contributed by atoms with Crippen LogP contribution in [0.2, 0.25) is 0 Å². The maximum Gasteiger partial charge on any atom is 0.336 e. The molecule has 1 N–H and O–H groups in total. The number of carbonyl (C=O) groups is 1. The molecular formula is C13H11NO2. The van der Waals surface area contributed by atoms with Crippen molar-refractivity contribution >= 4 is 5.97 Å². The molecule has 0 saturated carbocycles. The van der Waals surface area contributed by atoms with Crippen LogP contribution in [-0.2, 0) is 0 Å². The number of rotatable bonds is 2. The number of benzene rings is 1. The number of aromatic nitrogens is 1. The third kappa shape index (κ3) is 1.93. The van der Waals surface area contributed by atoms with E-state index in [-0.39, 0.29) is 5.56 Å². The smallest absolute Gasteiger partial charge is 0.336 e. The first-order chi connectivity index (χ1) is 7.68. The molecule has 0 unspecified atom stereocenters. The fourth-order valence-electron chi connectivity index (χ4n) is 1.58. The van der Waals surface area contributed by atoms with Gasteiger partial charge in [-0.3, -0.25) is 4.98 Å². The molecule has 0 aliphatic carbocycles. The van der Waals surface area contributed by atoms with E-state index in [1.165, 1.54) is 0 Å². The molecule has 0 bridgehead atoms. The second-order valence-corrected chi connectivity index (χ2v) is 3.57. The van der Waals surface area contributed by atoms with E-state index in [0.717, 1.165) is 5.56 Å². The normalized spacial score (nSPS) is 10.1. The van der Waals surface area contributed by atoms with Crippen LogP contribution < -0.4 is 0 Å². The number of carboxylic acids is 1. The number of nitrogens with zero attached hydrogens (tertiary/aromatic N) is 1. The minimum absolute atomic E-state index is 0.278. The lowest BCUT2D eigenvalue weighted by atomic mass is 10.0. The Balaban J connectivity index is 2.60. The van der Waals surface area contributed by atoms with Gasteiger partial charge in [-0.05, 0) is 30.7 Å². The van der Waals surface area contributed by atoms with Gasteiger partial charge >= 0.3 is 5.97 Å². The Morgan fingerprint density at radius 3 is 2.69 bits per heavy atom. The number of aromatic carboxylic acids is 1. The highest BCUT2D eigenvalue weighted by Crippen LogP contribution is 2.22. The van der Waals surface area contributed by atoms with Crippen molar-refractivity contribution in [1.82, 2.24) is 4.98 Å². The summed E-state index contributed by atoms with van der Waals surface area (Å²) < 4.78 is 0. The molecule has 0 fully saturated rings. The van der Waals surface area contributed by atoms with E-state index in [1.54, 1.807) is 24.4 Å². The molecule has 0 atom stereocenters. The number of hydrogen-bond acceptors (Lipinski definition) is 2. The van der Waals surface area contributed by atoms with Crippen molar-refractivity contribution in [3.8, 4) is 11.3 Å². The monoisotopic (exact) mass is 213 g/mol. The first-order valence-corrected chi connectivity index (χ1v) is 4.94. The molecule has 0 amide bonds. The van der Waals surface area contributed by atoms with Crippen molar-refractivity contribution < 1.29 is 9.90 Å². The highest BCUT2D eigenvalue weighted by Gasteiger charge is 2.11. The SMILES string of the molecule is Cc1ccnc(-c2ccccc2C(=O)O)c1. The molecule has 0 aliphatic rings. The predicted molar refractivity (Wildman–Crippen MR) is 61.4 cm³/mol. The van der Waals surface area contributed by atoms with Gasteiger partial charge in [-0.1, -0.05) is 18.2 Å². The number of carboxylic acid groups (broad SMARTS) is 1. The second-order valence-electron chi connectivity index (χ2n) is 3.57. The minimum Gasteiger partial charge on any atom is -0.478 e. The summed E-state index contributed by atoms with van der Waals surface area (Å²) in [7, 11) is 0. The zero-order chi connectivity index (χ0) is 11.5. The van der Waals surface area contributed by atoms with E-state index >= 15 is 0 Å². The van der Waals surface area contributed by atoms with Gasteiger partial charge in [0.2, 0.25) is 0 Å². The summed E-state index contributed by atoms with van der Waals surface area (Å²) in [6.07, 6.45) is 1.68. The van der Waals surface area contributed by atoms with E-state index < -0.39 is 5.97 Å². The standard InChI is InChI=1S/C13H11NO2/c1-9-6-7-14-12(8-9)10-4-2-3-5-11(10)13(15)16/h2-8H,1H3,(H,15,16). The average Bonchev–Trinajstić information content (AvgIpc) is 2.29. The highest BCUT2D eigenvalue weighted by atomic mass is 16.4. The van der Waals surface area contributed by atoms with Crippen molar-refractivity contribution in [2.75, 3.05) is 0 Å². The van der Waals surface area contributed by atoms with Gasteiger partial charge in [0.15, 0.2) is 0 Å². The molecule has 2 rings (SSSR count). The van der Waals surface area contributed by atoms with Gasteiger partial charge in [0.05, 0.1) is 11.3 Å². The number of pyridine rings is 1. The molecule has 16 heavy (non-hydrogen) atoms. The highest BCUT2D eigenvalue weighted by molar-refractivity contribution is 5.95. The van der Waals surface area contributed by atoms with Crippen LogP contribution in [0.25, 0.3) is 11.3 Å². The van der Waals surface area contributed by atoms with Gasteiger partial charge in [0.1, 0.15) is 0 Å². The molecule has 2 aromatic rings. The van der Waals surface area contributed by atoms with Crippen LogP contribution in [0.4, 0.5) is 0 Å². The van der Waals surface area contributed by atoms with Gasteiger partial charge in [-0.25, -0.2) is 4.79 Å². The van der Waals surface area contributed by atoms with Gasteiger partial charge in [0, 0.05) is 11.8 Å². The number of aryl methyl sites for hydroxylation is 1. The summed E-state index contributed by atoms with van der Waals surface area (Å²) in [5.74, 6) is -0.932. The van der Waals surface area contributed by atoms with Gasteiger partial charge < -0.3 is 5.11 Å². The van der Waals surface area contributed by atoms with E-state index in [9.17, 15) is 4.79 Å². The zero-order valence-electron chi connectivity index (χ0n) is 8.84. The quantitative estimate of drug-likeness (QED) is 0.834. The van der Waals surface area contributed by atoms with Gasteiger partial charge in [-0.2, -0.15) is 0 Å². The lowest BCUT2D eigenvalue weighted by molar-refractivity contribution is 0.0697. The van der Waals surface area contributed by atoms with E-state index in [4.69, 9.17) is 5.11 Å². The number of hydrogen-bond donors (Lipinski definition) is 1. The largest absolute Gasteiger partial charge is 0.478 e. The van der Waals surface area contributed by atoms with Gasteiger partial charge in [-0.15, -0.1) is 0 Å². The van der Waals surface area contributed by atoms with Crippen LogP contribution in [-0.4, -0.2) is 16.1 Å². The van der Waals surface area contributed by atoms with Crippen LogP contribution in [0.15, 0.2) is 42.6 Å². The van der Waals surface area contributed by atoms with E-state index in [1.807, 2.05) is 25.1 Å². The summed E-state index contributed by atoms with van der Waals surface area (Å²) in [4.78, 5) is 15.2. The first-order valence-electron chi connectivity index (χ1n) is 4.94. The fraction of sp³-hybridized carbons (Fsp3) is 0.0769. The van der Waals surface area contributed by atoms with Crippen molar-refractivity contribution in [3.63, 3.8) is 0 Å². The van der Waals surface area contributed by atoms with E-state index in [2.05, 4.69) is 4.98 Å². The van der Waals surface area contributed by atoms with E-state index in [0.29, 0.717) is 11.3 Å². The maximum atomic E-state index is 11.1. The summed E-state index contributed by atoms with van der Waals surface area (Å²) in [6.45, 7) is 1.95. The predicted octanol–water partition coefficient (Wildman–Crippen LogP) is 2.76. The Hall–Kier alpha value is -2.16. The Morgan fingerprint density at radius 2 is 2.00 bits per heavy atom. The third-order valence-electron chi connectivity index (χ3n) is 2.35. The van der Waals surface area contributed by atoms with Crippen LogP contribution in [0.3, 0.4) is 0 Å². The molecule has 80 valence electrons. The topological polar surface area (TPSA) is 50.2 Å². The Kier molecular flexibility index (Phi) is 2.68. The third-order valence-corrected chi connectivity index (χ3v) is 2.35. The van der Waals surface area contributed by atoms with Crippen LogP contribution in [0, 0.1) is 6.92 Å². The second kappa shape index (κ2) is 4.14. The lowest BCUT2D eigenvalue weighted by Gasteiger charge is -2.05. The lowest BCUT2D eigenvalue weighted by Crippen LogP contribution is -1.99. The molecule has 3 heteroatoms. The molecule has 0 aliphatic heterocycles. The fourth-order valence-corrected chi connectivity index (χ4v) is 1.58. The molecule has 1 aromatic carbocycles. The molecule has 0 radical (unpaired) electrons. The Bertz CT molecular complexity index is 535. The zero-order valence-corrected chi connectivity index (χ0v) is 8.84. The van der Waals surface area contributed by atoms with Crippen molar-refractivity contribution in [2.45, 2.75) is 6.92 Å². The molecule has 0 spiro atoms. The van der Waals surface area contributed by atoms with Crippen molar-refractivity contribution in [2.24, 2.45) is 0 Å². The average molecular weight is 213 g/mol. The van der Waals surface area contributed by atoms with Crippen LogP contribution >= 0.6 is 0 Å². The summed E-state index contributed by atoms with van der Waals surface area (Å²) in [5.41, 5.74) is 2.68. The summed E-state index contributed by atoms with van der Waals surface area (Å²) >= 11 is 0. The van der Waals surface area contributed by atoms with Crippen LogP contribution in [0.1, 0.15) is 15.9 Å². The Labute approximate surface area is 93.4 Å². The van der Waals surface area contributed by atoms with Gasteiger partial charge in [0.25, 0.3) is 0 Å². The molecule has 1 aromatic heterocycles.